The average molecular weight is 325 g/mol. The number of benzene rings is 2. The number of carbonyl (C=O) groups is 1. The van der Waals surface area contributed by atoms with Crippen molar-refractivity contribution in [3.05, 3.63) is 64.7 Å². The minimum atomic E-state index is -0.0931. The molecule has 0 saturated carbocycles. The second-order valence-electron chi connectivity index (χ2n) is 6.59. The first kappa shape index (κ1) is 18.0. The highest BCUT2D eigenvalue weighted by Crippen LogP contribution is 2.13. The fourth-order valence-electron chi connectivity index (χ4n) is 2.47. The van der Waals surface area contributed by atoms with Gasteiger partial charge in [-0.15, -0.1) is 0 Å². The first-order chi connectivity index (χ1) is 11.4. The van der Waals surface area contributed by atoms with Gasteiger partial charge in [-0.25, -0.2) is 0 Å². The number of nitrogens with two attached hydrogens (primary N) is 1. The molecule has 2 aromatic carbocycles. The Morgan fingerprint density at radius 2 is 1.88 bits per heavy atom. The molecule has 1 amide bonds. The number of carbonyl (C=O) groups excluding carboxylic acids is 1. The van der Waals surface area contributed by atoms with Gasteiger partial charge in [-0.1, -0.05) is 30.3 Å². The van der Waals surface area contributed by atoms with Crippen molar-refractivity contribution in [2.24, 2.45) is 0 Å². The number of nitrogens with zero attached hydrogens (tertiary/aromatic N) is 1. The van der Waals surface area contributed by atoms with Gasteiger partial charge < -0.3 is 11.1 Å². The second kappa shape index (κ2) is 7.97. The highest BCUT2D eigenvalue weighted by molar-refractivity contribution is 5.96. The topological polar surface area (TPSA) is 58.4 Å². The van der Waals surface area contributed by atoms with Gasteiger partial charge >= 0.3 is 0 Å². The van der Waals surface area contributed by atoms with Crippen molar-refractivity contribution < 1.29 is 4.79 Å². The molecule has 4 nitrogen and oxygen atoms in total. The molecule has 0 heterocycles. The van der Waals surface area contributed by atoms with E-state index in [2.05, 4.69) is 43.2 Å². The lowest BCUT2D eigenvalue weighted by Gasteiger charge is -2.21. The summed E-state index contributed by atoms with van der Waals surface area (Å²) < 4.78 is 0. The zero-order valence-electron chi connectivity index (χ0n) is 15.0. The molecular weight excluding hydrogens is 298 g/mol. The van der Waals surface area contributed by atoms with Gasteiger partial charge in [0, 0.05) is 30.4 Å². The highest BCUT2D eigenvalue weighted by atomic mass is 16.1. The van der Waals surface area contributed by atoms with Gasteiger partial charge in [-0.3, -0.25) is 9.69 Å². The molecule has 0 atom stereocenters. The maximum absolute atomic E-state index is 12.4. The summed E-state index contributed by atoms with van der Waals surface area (Å²) in [5.41, 5.74) is 10.3. The van der Waals surface area contributed by atoms with Gasteiger partial charge in [-0.05, 0) is 56.6 Å². The van der Waals surface area contributed by atoms with Crippen LogP contribution in [0.1, 0.15) is 40.9 Å². The Morgan fingerprint density at radius 3 is 2.58 bits per heavy atom. The smallest absolute Gasteiger partial charge is 0.251 e. The van der Waals surface area contributed by atoms with E-state index in [9.17, 15) is 4.79 Å². The third-order valence-electron chi connectivity index (χ3n) is 4.26. The van der Waals surface area contributed by atoms with Gasteiger partial charge in [-0.2, -0.15) is 0 Å². The molecule has 0 aliphatic rings. The maximum Gasteiger partial charge on any atom is 0.251 e. The Morgan fingerprint density at radius 1 is 1.17 bits per heavy atom. The molecule has 2 rings (SSSR count). The quantitative estimate of drug-likeness (QED) is 0.801. The molecule has 2 aromatic rings. The zero-order chi connectivity index (χ0) is 17.7. The van der Waals surface area contributed by atoms with Crippen LogP contribution >= 0.6 is 0 Å². The zero-order valence-corrected chi connectivity index (χ0v) is 15.0. The molecule has 0 spiro atoms. The van der Waals surface area contributed by atoms with E-state index in [0.717, 1.165) is 17.7 Å². The van der Waals surface area contributed by atoms with Crippen molar-refractivity contribution in [1.82, 2.24) is 10.2 Å². The lowest BCUT2D eigenvalue weighted by atomic mass is 10.1. The monoisotopic (exact) mass is 325 g/mol. The van der Waals surface area contributed by atoms with Crippen LogP contribution in [0.2, 0.25) is 0 Å². The van der Waals surface area contributed by atoms with Crippen LogP contribution in [0.3, 0.4) is 0 Å². The minimum absolute atomic E-state index is 0.0931. The van der Waals surface area contributed by atoms with Crippen LogP contribution < -0.4 is 11.1 Å². The van der Waals surface area contributed by atoms with Gasteiger partial charge in [0.1, 0.15) is 0 Å². The fourth-order valence-corrected chi connectivity index (χ4v) is 2.47. The molecular formula is C20H27N3O. The molecule has 0 aliphatic heterocycles. The van der Waals surface area contributed by atoms with Crippen LogP contribution in [-0.2, 0) is 13.1 Å². The summed E-state index contributed by atoms with van der Waals surface area (Å²) in [5.74, 6) is -0.0931. The lowest BCUT2D eigenvalue weighted by Crippen LogP contribution is -2.26. The van der Waals surface area contributed by atoms with E-state index < -0.39 is 0 Å². The van der Waals surface area contributed by atoms with Crippen LogP contribution in [0.5, 0.6) is 0 Å². The maximum atomic E-state index is 12.4. The predicted molar refractivity (Wildman–Crippen MR) is 99.8 cm³/mol. The molecule has 0 bridgehead atoms. The van der Waals surface area contributed by atoms with Crippen molar-refractivity contribution in [2.45, 2.75) is 39.9 Å². The molecule has 0 unspecified atom stereocenters. The molecule has 128 valence electrons. The highest BCUT2D eigenvalue weighted by Gasteiger charge is 2.10. The number of anilines is 1. The molecule has 0 aromatic heterocycles. The summed E-state index contributed by atoms with van der Waals surface area (Å²) in [6, 6.07) is 14.2. The molecule has 24 heavy (non-hydrogen) atoms. The van der Waals surface area contributed by atoms with E-state index in [4.69, 9.17) is 5.73 Å². The Labute approximate surface area is 144 Å². The molecule has 3 N–H and O–H groups in total. The Balaban J connectivity index is 2.01. The number of hydrogen-bond donors (Lipinski definition) is 2. The summed E-state index contributed by atoms with van der Waals surface area (Å²) in [6.07, 6.45) is 0. The molecule has 0 fully saturated rings. The average Bonchev–Trinajstić information content (AvgIpc) is 2.55. The second-order valence-corrected chi connectivity index (χ2v) is 6.59. The van der Waals surface area contributed by atoms with Crippen LogP contribution in [0.15, 0.2) is 42.5 Å². The van der Waals surface area contributed by atoms with Crippen molar-refractivity contribution in [2.75, 3.05) is 12.8 Å². The van der Waals surface area contributed by atoms with Crippen molar-refractivity contribution in [3.63, 3.8) is 0 Å². The van der Waals surface area contributed by atoms with Crippen molar-refractivity contribution >= 4 is 11.6 Å². The molecule has 0 aliphatic carbocycles. The predicted octanol–water partition coefficient (Wildman–Crippen LogP) is 3.35. The third kappa shape index (κ3) is 4.83. The van der Waals surface area contributed by atoms with Gasteiger partial charge in [0.15, 0.2) is 0 Å². The van der Waals surface area contributed by atoms with Crippen LogP contribution in [0, 0.1) is 6.92 Å². The standard InChI is InChI=1S/C20H27N3O/c1-14(2)23(4)13-17-7-5-6-16(10-17)12-22-20(24)19-11-18(21)9-8-15(19)3/h5-11,14H,12-13,21H2,1-4H3,(H,22,24). The molecule has 0 saturated heterocycles. The fraction of sp³-hybridized carbons (Fsp3) is 0.350. The number of aryl methyl sites for hydroxylation is 1. The number of rotatable bonds is 6. The van der Waals surface area contributed by atoms with Gasteiger partial charge in [0.2, 0.25) is 0 Å². The first-order valence-corrected chi connectivity index (χ1v) is 8.29. The summed E-state index contributed by atoms with van der Waals surface area (Å²) in [4.78, 5) is 14.7. The van der Waals surface area contributed by atoms with E-state index in [1.807, 2.05) is 25.1 Å². The summed E-state index contributed by atoms with van der Waals surface area (Å²) in [6.45, 7) is 7.67. The van der Waals surface area contributed by atoms with E-state index in [0.29, 0.717) is 23.8 Å². The van der Waals surface area contributed by atoms with E-state index in [1.165, 1.54) is 5.56 Å². The summed E-state index contributed by atoms with van der Waals surface area (Å²) in [5, 5.41) is 2.98. The lowest BCUT2D eigenvalue weighted by molar-refractivity contribution is 0.0950. The SMILES string of the molecule is Cc1ccc(N)cc1C(=O)NCc1cccc(CN(C)C(C)C)c1. The Kier molecular flexibility index (Phi) is 5.99. The van der Waals surface area contributed by atoms with Crippen LogP contribution in [0.4, 0.5) is 5.69 Å². The largest absolute Gasteiger partial charge is 0.399 e. The van der Waals surface area contributed by atoms with E-state index in [1.54, 1.807) is 12.1 Å². The van der Waals surface area contributed by atoms with E-state index in [-0.39, 0.29) is 5.91 Å². The number of amides is 1. The van der Waals surface area contributed by atoms with Gasteiger partial charge in [0.05, 0.1) is 0 Å². The summed E-state index contributed by atoms with van der Waals surface area (Å²) >= 11 is 0. The Hall–Kier alpha value is -2.33. The van der Waals surface area contributed by atoms with E-state index >= 15 is 0 Å². The minimum Gasteiger partial charge on any atom is -0.399 e. The molecule has 4 heteroatoms. The van der Waals surface area contributed by atoms with Gasteiger partial charge in [0.25, 0.3) is 5.91 Å². The number of nitrogens with one attached hydrogen (secondary N) is 1. The number of nitrogen functional groups attached to an aromatic ring is 1. The van der Waals surface area contributed by atoms with Crippen LogP contribution in [0.25, 0.3) is 0 Å². The third-order valence-corrected chi connectivity index (χ3v) is 4.26. The van der Waals surface area contributed by atoms with Crippen molar-refractivity contribution in [1.29, 1.82) is 0 Å². The first-order valence-electron chi connectivity index (χ1n) is 8.29. The van der Waals surface area contributed by atoms with Crippen LogP contribution in [-0.4, -0.2) is 23.9 Å². The number of hydrogen-bond acceptors (Lipinski definition) is 3. The molecule has 0 radical (unpaired) electrons. The Bertz CT molecular complexity index is 710. The normalized spacial score (nSPS) is 11.1. The summed E-state index contributed by atoms with van der Waals surface area (Å²) in [7, 11) is 2.11. The van der Waals surface area contributed by atoms with Crippen molar-refractivity contribution in [3.8, 4) is 0 Å².